The van der Waals surface area contributed by atoms with Gasteiger partial charge in [-0.05, 0) is 37.3 Å². The Morgan fingerprint density at radius 1 is 1.33 bits per heavy atom. The second-order valence-electron chi connectivity index (χ2n) is 4.92. The molecule has 1 aliphatic carbocycles. The van der Waals surface area contributed by atoms with E-state index in [0.717, 1.165) is 30.8 Å². The fourth-order valence-corrected chi connectivity index (χ4v) is 2.81. The fourth-order valence-electron chi connectivity index (χ4n) is 2.81. The van der Waals surface area contributed by atoms with E-state index in [1.54, 1.807) is 0 Å². The summed E-state index contributed by atoms with van der Waals surface area (Å²) < 4.78 is 0. The molecular formula is C15H16N2O. The van der Waals surface area contributed by atoms with Gasteiger partial charge in [-0.1, -0.05) is 24.3 Å². The number of aryl methyl sites for hydroxylation is 2. The third-order valence-electron chi connectivity index (χ3n) is 3.59. The summed E-state index contributed by atoms with van der Waals surface area (Å²) in [6.07, 6.45) is 3.34. The molecule has 18 heavy (non-hydrogen) atoms. The van der Waals surface area contributed by atoms with Gasteiger partial charge in [0.25, 0.3) is 5.56 Å². The predicted octanol–water partition coefficient (Wildman–Crippen LogP) is 2.55. The van der Waals surface area contributed by atoms with Gasteiger partial charge in [0.1, 0.15) is 5.82 Å². The molecule has 1 aromatic carbocycles. The molecule has 0 saturated heterocycles. The van der Waals surface area contributed by atoms with Crippen molar-refractivity contribution in [1.29, 1.82) is 0 Å². The highest BCUT2D eigenvalue weighted by atomic mass is 16.1. The van der Waals surface area contributed by atoms with E-state index in [1.807, 2.05) is 6.92 Å². The highest BCUT2D eigenvalue weighted by molar-refractivity contribution is 5.36. The van der Waals surface area contributed by atoms with E-state index >= 15 is 0 Å². The van der Waals surface area contributed by atoms with E-state index in [2.05, 4.69) is 34.2 Å². The van der Waals surface area contributed by atoms with Gasteiger partial charge in [0, 0.05) is 17.7 Å². The van der Waals surface area contributed by atoms with Crippen molar-refractivity contribution in [2.24, 2.45) is 0 Å². The van der Waals surface area contributed by atoms with E-state index in [1.165, 1.54) is 17.2 Å². The molecule has 1 unspecified atom stereocenters. The lowest BCUT2D eigenvalue weighted by Crippen LogP contribution is -2.18. The van der Waals surface area contributed by atoms with Crippen LogP contribution in [-0.2, 0) is 6.42 Å². The van der Waals surface area contributed by atoms with E-state index in [9.17, 15) is 4.79 Å². The zero-order valence-corrected chi connectivity index (χ0v) is 10.4. The second kappa shape index (κ2) is 4.41. The average Bonchev–Trinajstić information content (AvgIpc) is 2.37. The second-order valence-corrected chi connectivity index (χ2v) is 4.92. The van der Waals surface area contributed by atoms with Crippen LogP contribution in [0.2, 0.25) is 0 Å². The Labute approximate surface area is 106 Å². The first-order valence-electron chi connectivity index (χ1n) is 6.40. The van der Waals surface area contributed by atoms with Gasteiger partial charge in [0.15, 0.2) is 0 Å². The number of H-pyrrole nitrogens is 1. The number of hydrogen-bond acceptors (Lipinski definition) is 2. The first kappa shape index (κ1) is 11.2. The first-order chi connectivity index (χ1) is 8.74. The van der Waals surface area contributed by atoms with Crippen molar-refractivity contribution in [2.45, 2.75) is 32.1 Å². The maximum atomic E-state index is 11.6. The minimum atomic E-state index is -0.0550. The molecule has 1 aliphatic rings. The molecule has 2 aromatic rings. The predicted molar refractivity (Wildman–Crippen MR) is 70.8 cm³/mol. The Bertz CT molecular complexity index is 630. The summed E-state index contributed by atoms with van der Waals surface area (Å²) in [6.45, 7) is 1.87. The van der Waals surface area contributed by atoms with Crippen LogP contribution in [0.5, 0.6) is 0 Å². The SMILES string of the molecule is Cc1cc(=O)[nH]c(C2CCCc3ccccc32)n1. The monoisotopic (exact) mass is 240 g/mol. The average molecular weight is 240 g/mol. The van der Waals surface area contributed by atoms with Gasteiger partial charge in [-0.3, -0.25) is 4.79 Å². The summed E-state index contributed by atoms with van der Waals surface area (Å²) in [5.41, 5.74) is 3.44. The fraction of sp³-hybridized carbons (Fsp3) is 0.333. The highest BCUT2D eigenvalue weighted by Gasteiger charge is 2.23. The first-order valence-corrected chi connectivity index (χ1v) is 6.40. The zero-order chi connectivity index (χ0) is 12.5. The molecule has 0 aliphatic heterocycles. The lowest BCUT2D eigenvalue weighted by atomic mass is 9.82. The molecule has 0 bridgehead atoms. The number of fused-ring (bicyclic) bond motifs is 1. The molecule has 0 saturated carbocycles. The third kappa shape index (κ3) is 1.96. The molecule has 1 aromatic heterocycles. The zero-order valence-electron chi connectivity index (χ0n) is 10.4. The Morgan fingerprint density at radius 3 is 3.00 bits per heavy atom. The number of hydrogen-bond donors (Lipinski definition) is 1. The highest BCUT2D eigenvalue weighted by Crippen LogP contribution is 2.34. The van der Waals surface area contributed by atoms with E-state index in [-0.39, 0.29) is 11.5 Å². The number of nitrogens with zero attached hydrogens (tertiary/aromatic N) is 1. The summed E-state index contributed by atoms with van der Waals surface area (Å²) in [7, 11) is 0. The van der Waals surface area contributed by atoms with Crippen LogP contribution in [0, 0.1) is 6.92 Å². The van der Waals surface area contributed by atoms with Gasteiger partial charge in [-0.15, -0.1) is 0 Å². The summed E-state index contributed by atoms with van der Waals surface area (Å²) in [5, 5.41) is 0. The molecule has 0 fully saturated rings. The molecule has 3 heteroatoms. The van der Waals surface area contributed by atoms with Crippen LogP contribution in [-0.4, -0.2) is 9.97 Å². The molecule has 92 valence electrons. The van der Waals surface area contributed by atoms with Crippen LogP contribution in [0.3, 0.4) is 0 Å². The Hall–Kier alpha value is -1.90. The van der Waals surface area contributed by atoms with Gasteiger partial charge in [0.05, 0.1) is 0 Å². The van der Waals surface area contributed by atoms with Crippen molar-refractivity contribution in [1.82, 2.24) is 9.97 Å². The number of rotatable bonds is 1. The standard InChI is InChI=1S/C15H16N2O/c1-10-9-14(18)17-15(16-10)13-8-4-6-11-5-2-3-7-12(11)13/h2-3,5,7,9,13H,4,6,8H2,1H3,(H,16,17,18). The summed E-state index contributed by atoms with van der Waals surface area (Å²) in [5.74, 6) is 1.05. The van der Waals surface area contributed by atoms with E-state index in [0.29, 0.717) is 0 Å². The molecule has 3 nitrogen and oxygen atoms in total. The van der Waals surface area contributed by atoms with E-state index in [4.69, 9.17) is 0 Å². The summed E-state index contributed by atoms with van der Waals surface area (Å²) in [6, 6.07) is 10.0. The number of aromatic amines is 1. The maximum Gasteiger partial charge on any atom is 0.251 e. The van der Waals surface area contributed by atoms with Gasteiger partial charge in [0.2, 0.25) is 0 Å². The quantitative estimate of drug-likeness (QED) is 0.832. The van der Waals surface area contributed by atoms with Crippen molar-refractivity contribution in [2.75, 3.05) is 0 Å². The molecule has 1 atom stereocenters. The van der Waals surface area contributed by atoms with Crippen LogP contribution in [0.25, 0.3) is 0 Å². The van der Waals surface area contributed by atoms with Crippen molar-refractivity contribution in [3.8, 4) is 0 Å². The Balaban J connectivity index is 2.11. The lowest BCUT2D eigenvalue weighted by Gasteiger charge is -2.24. The Kier molecular flexibility index (Phi) is 2.74. The molecule has 1 heterocycles. The van der Waals surface area contributed by atoms with Gasteiger partial charge in [-0.25, -0.2) is 4.98 Å². The molecular weight excluding hydrogens is 224 g/mol. The normalized spacial score (nSPS) is 18.4. The molecule has 3 rings (SSSR count). The summed E-state index contributed by atoms with van der Waals surface area (Å²) in [4.78, 5) is 19.0. The molecule has 0 radical (unpaired) electrons. The van der Waals surface area contributed by atoms with Crippen molar-refractivity contribution >= 4 is 0 Å². The van der Waals surface area contributed by atoms with Crippen LogP contribution >= 0.6 is 0 Å². The van der Waals surface area contributed by atoms with Crippen LogP contribution in [0.15, 0.2) is 35.1 Å². The smallest absolute Gasteiger partial charge is 0.251 e. The number of benzene rings is 1. The van der Waals surface area contributed by atoms with E-state index < -0.39 is 0 Å². The van der Waals surface area contributed by atoms with Crippen molar-refractivity contribution < 1.29 is 0 Å². The van der Waals surface area contributed by atoms with Gasteiger partial charge < -0.3 is 4.98 Å². The van der Waals surface area contributed by atoms with Crippen molar-refractivity contribution in [3.63, 3.8) is 0 Å². The minimum Gasteiger partial charge on any atom is -0.310 e. The van der Waals surface area contributed by atoms with Crippen molar-refractivity contribution in [3.05, 3.63) is 63.3 Å². The van der Waals surface area contributed by atoms with Gasteiger partial charge in [-0.2, -0.15) is 0 Å². The Morgan fingerprint density at radius 2 is 2.17 bits per heavy atom. The van der Waals surface area contributed by atoms with Gasteiger partial charge >= 0.3 is 0 Å². The molecule has 0 amide bonds. The van der Waals surface area contributed by atoms with Crippen LogP contribution in [0.4, 0.5) is 0 Å². The lowest BCUT2D eigenvalue weighted by molar-refractivity contribution is 0.587. The third-order valence-corrected chi connectivity index (χ3v) is 3.59. The summed E-state index contributed by atoms with van der Waals surface area (Å²) >= 11 is 0. The number of nitrogens with one attached hydrogen (secondary N) is 1. The molecule has 1 N–H and O–H groups in total. The van der Waals surface area contributed by atoms with Crippen LogP contribution < -0.4 is 5.56 Å². The number of aromatic nitrogens is 2. The molecule has 0 spiro atoms. The minimum absolute atomic E-state index is 0.0550. The topological polar surface area (TPSA) is 45.8 Å². The van der Waals surface area contributed by atoms with Crippen LogP contribution in [0.1, 0.15) is 41.4 Å². The largest absolute Gasteiger partial charge is 0.310 e. The maximum absolute atomic E-state index is 11.6.